The van der Waals surface area contributed by atoms with E-state index < -0.39 is 0 Å². The molecule has 0 spiro atoms. The van der Waals surface area contributed by atoms with Crippen LogP contribution in [0.3, 0.4) is 0 Å². The molecule has 0 radical (unpaired) electrons. The van der Waals surface area contributed by atoms with Crippen molar-refractivity contribution in [3.05, 3.63) is 72.6 Å². The Kier molecular flexibility index (Phi) is 3.42. The van der Waals surface area contributed by atoms with Crippen molar-refractivity contribution in [2.24, 2.45) is 0 Å². The maximum absolute atomic E-state index is 4.73. The zero-order chi connectivity index (χ0) is 16.5. The molecule has 0 aliphatic rings. The fourth-order valence-corrected chi connectivity index (χ4v) is 2.65. The van der Waals surface area contributed by atoms with E-state index in [9.17, 15) is 0 Å². The molecule has 4 rings (SSSR count). The second kappa shape index (κ2) is 5.73. The summed E-state index contributed by atoms with van der Waals surface area (Å²) >= 11 is 0. The summed E-state index contributed by atoms with van der Waals surface area (Å²) in [7, 11) is 0. The fraction of sp³-hybridized carbons (Fsp3) is 0.111. The minimum absolute atomic E-state index is 0.798. The summed E-state index contributed by atoms with van der Waals surface area (Å²) in [5.41, 5.74) is 4.75. The molecule has 0 unspecified atom stereocenters. The lowest BCUT2D eigenvalue weighted by Gasteiger charge is -2.05. The Hall–Kier alpha value is -3.28. The number of nitrogens with zero attached hydrogens (tertiary/aromatic N) is 6. The van der Waals surface area contributed by atoms with Gasteiger partial charge in [-0.05, 0) is 44.2 Å². The van der Waals surface area contributed by atoms with E-state index in [0.29, 0.717) is 0 Å². The third kappa shape index (κ3) is 2.58. The molecule has 0 aliphatic carbocycles. The maximum Gasteiger partial charge on any atom is 0.154 e. The van der Waals surface area contributed by atoms with E-state index in [1.807, 2.05) is 61.1 Å². The highest BCUT2D eigenvalue weighted by Crippen LogP contribution is 2.20. The van der Waals surface area contributed by atoms with Crippen LogP contribution in [0.5, 0.6) is 0 Å². The van der Waals surface area contributed by atoms with Gasteiger partial charge in [0.25, 0.3) is 0 Å². The van der Waals surface area contributed by atoms with Gasteiger partial charge in [-0.2, -0.15) is 10.2 Å². The largest absolute Gasteiger partial charge is 0.262 e. The summed E-state index contributed by atoms with van der Waals surface area (Å²) < 4.78 is 3.64. The van der Waals surface area contributed by atoms with Crippen molar-refractivity contribution in [2.75, 3.05) is 0 Å². The lowest BCUT2D eigenvalue weighted by Crippen LogP contribution is -2.02. The van der Waals surface area contributed by atoms with Crippen LogP contribution in [-0.2, 0) is 0 Å². The molecule has 0 saturated heterocycles. The molecule has 4 aromatic heterocycles. The van der Waals surface area contributed by atoms with Crippen molar-refractivity contribution >= 4 is 0 Å². The van der Waals surface area contributed by atoms with Gasteiger partial charge >= 0.3 is 0 Å². The molecule has 118 valence electrons. The van der Waals surface area contributed by atoms with Crippen LogP contribution in [0.2, 0.25) is 0 Å². The van der Waals surface area contributed by atoms with Crippen LogP contribution in [0.1, 0.15) is 11.4 Å². The van der Waals surface area contributed by atoms with Crippen molar-refractivity contribution < 1.29 is 0 Å². The molecule has 0 saturated carbocycles. The first-order valence-electron chi connectivity index (χ1n) is 7.67. The Bertz CT molecular complexity index is 984. The summed E-state index contributed by atoms with van der Waals surface area (Å²) in [5.74, 6) is 0.798. The summed E-state index contributed by atoms with van der Waals surface area (Å²) in [6.07, 6.45) is 7.27. The zero-order valence-corrected chi connectivity index (χ0v) is 13.5. The molecule has 6 heteroatoms. The molecule has 0 amide bonds. The van der Waals surface area contributed by atoms with Gasteiger partial charge in [-0.15, -0.1) is 0 Å². The van der Waals surface area contributed by atoms with Crippen molar-refractivity contribution in [3.8, 4) is 22.8 Å². The topological polar surface area (TPSA) is 61.4 Å². The van der Waals surface area contributed by atoms with Crippen molar-refractivity contribution in [1.29, 1.82) is 0 Å². The molecule has 0 bridgehead atoms. The number of aromatic nitrogens is 6. The predicted octanol–water partition coefficient (Wildman–Crippen LogP) is 3.13. The molecule has 24 heavy (non-hydrogen) atoms. The summed E-state index contributed by atoms with van der Waals surface area (Å²) in [4.78, 5) is 8.85. The second-order valence-corrected chi connectivity index (χ2v) is 5.60. The first kappa shape index (κ1) is 14.3. The van der Waals surface area contributed by atoms with Gasteiger partial charge in [0.15, 0.2) is 5.82 Å². The molecular weight excluding hydrogens is 300 g/mol. The zero-order valence-electron chi connectivity index (χ0n) is 13.5. The Morgan fingerprint density at radius 2 is 1.92 bits per heavy atom. The Morgan fingerprint density at radius 3 is 2.67 bits per heavy atom. The molecule has 0 fully saturated rings. The molecular formula is C18H16N6. The second-order valence-electron chi connectivity index (χ2n) is 5.60. The first-order valence-corrected chi connectivity index (χ1v) is 7.67. The van der Waals surface area contributed by atoms with E-state index in [2.05, 4.69) is 15.2 Å². The number of aryl methyl sites for hydroxylation is 2. The molecule has 4 heterocycles. The smallest absolute Gasteiger partial charge is 0.154 e. The van der Waals surface area contributed by atoms with E-state index >= 15 is 0 Å². The number of hydrogen-bond donors (Lipinski definition) is 0. The standard InChI is InChI=1S/C18H16N6/c1-13-9-14(2)24(22-13)18-7-3-6-17(21-18)15-10-20-23(12-15)16-5-4-8-19-11-16/h3-12H,1-2H3. The van der Waals surface area contributed by atoms with Gasteiger partial charge in [0, 0.05) is 23.7 Å². The Morgan fingerprint density at radius 1 is 1.00 bits per heavy atom. The van der Waals surface area contributed by atoms with Gasteiger partial charge in [-0.1, -0.05) is 6.07 Å². The molecule has 4 aromatic rings. The highest BCUT2D eigenvalue weighted by molar-refractivity contribution is 5.58. The van der Waals surface area contributed by atoms with Crippen molar-refractivity contribution in [1.82, 2.24) is 29.5 Å². The summed E-state index contributed by atoms with van der Waals surface area (Å²) in [5, 5.41) is 8.89. The van der Waals surface area contributed by atoms with Crippen LogP contribution in [0.4, 0.5) is 0 Å². The number of rotatable bonds is 3. The van der Waals surface area contributed by atoms with E-state index in [1.165, 1.54) is 0 Å². The number of hydrogen-bond acceptors (Lipinski definition) is 4. The van der Waals surface area contributed by atoms with Gasteiger partial charge < -0.3 is 0 Å². The van der Waals surface area contributed by atoms with Crippen molar-refractivity contribution in [2.45, 2.75) is 13.8 Å². The first-order chi connectivity index (χ1) is 11.7. The van der Waals surface area contributed by atoms with Crippen LogP contribution < -0.4 is 0 Å². The number of pyridine rings is 2. The lowest BCUT2D eigenvalue weighted by molar-refractivity contribution is 0.807. The predicted molar refractivity (Wildman–Crippen MR) is 91.2 cm³/mol. The maximum atomic E-state index is 4.73. The van der Waals surface area contributed by atoms with Gasteiger partial charge in [0.2, 0.25) is 0 Å². The SMILES string of the molecule is Cc1cc(C)n(-c2cccc(-c3cnn(-c4cccnc4)c3)n2)n1. The van der Waals surface area contributed by atoms with Gasteiger partial charge in [-0.3, -0.25) is 4.98 Å². The van der Waals surface area contributed by atoms with Gasteiger partial charge in [0.1, 0.15) is 0 Å². The highest BCUT2D eigenvalue weighted by atomic mass is 15.3. The fourth-order valence-electron chi connectivity index (χ4n) is 2.65. The van der Waals surface area contributed by atoms with Crippen LogP contribution in [0.15, 0.2) is 61.2 Å². The molecule has 0 N–H and O–H groups in total. The summed E-state index contributed by atoms with van der Waals surface area (Å²) in [6.45, 7) is 4.00. The quantitative estimate of drug-likeness (QED) is 0.582. The van der Waals surface area contributed by atoms with E-state index in [-0.39, 0.29) is 0 Å². The average molecular weight is 316 g/mol. The van der Waals surface area contributed by atoms with E-state index in [1.54, 1.807) is 23.3 Å². The molecule has 0 atom stereocenters. The minimum atomic E-state index is 0.798. The lowest BCUT2D eigenvalue weighted by atomic mass is 10.2. The molecule has 0 aromatic carbocycles. The molecule has 0 aliphatic heterocycles. The van der Waals surface area contributed by atoms with Crippen LogP contribution in [-0.4, -0.2) is 29.5 Å². The van der Waals surface area contributed by atoms with E-state index in [4.69, 9.17) is 4.98 Å². The Labute approximate surface area is 139 Å². The monoisotopic (exact) mass is 316 g/mol. The summed E-state index contributed by atoms with van der Waals surface area (Å²) in [6, 6.07) is 11.8. The van der Waals surface area contributed by atoms with Crippen LogP contribution >= 0.6 is 0 Å². The normalized spacial score (nSPS) is 10.9. The van der Waals surface area contributed by atoms with Crippen molar-refractivity contribution in [3.63, 3.8) is 0 Å². The van der Waals surface area contributed by atoms with Gasteiger partial charge in [-0.25, -0.2) is 14.3 Å². The van der Waals surface area contributed by atoms with E-state index in [0.717, 1.165) is 34.2 Å². The minimum Gasteiger partial charge on any atom is -0.262 e. The Balaban J connectivity index is 1.72. The highest BCUT2D eigenvalue weighted by Gasteiger charge is 2.09. The van der Waals surface area contributed by atoms with Gasteiger partial charge in [0.05, 0.1) is 29.5 Å². The third-order valence-electron chi connectivity index (χ3n) is 3.75. The third-order valence-corrected chi connectivity index (χ3v) is 3.75. The average Bonchev–Trinajstić information content (AvgIpc) is 3.22. The van der Waals surface area contributed by atoms with Crippen LogP contribution in [0.25, 0.3) is 22.8 Å². The molecule has 6 nitrogen and oxygen atoms in total. The van der Waals surface area contributed by atoms with Crippen LogP contribution in [0, 0.1) is 13.8 Å².